The average Bonchev–Trinajstić information content (AvgIpc) is 2.57. The van der Waals surface area contributed by atoms with Crippen molar-refractivity contribution in [3.63, 3.8) is 0 Å². The molecule has 1 rings (SSSR count). The van der Waals surface area contributed by atoms with Crippen LogP contribution in [-0.4, -0.2) is 5.33 Å². The predicted molar refractivity (Wildman–Crippen MR) is 63.4 cm³/mol. The maximum Gasteiger partial charge on any atom is 0.00854 e. The monoisotopic (exact) mass is 246 g/mol. The van der Waals surface area contributed by atoms with Gasteiger partial charge in [-0.05, 0) is 24.2 Å². The molecule has 1 heteroatoms. The minimum absolute atomic E-state index is 0.573. The molecule has 0 aliphatic heterocycles. The number of hydrogen-bond acceptors (Lipinski definition) is 0. The quantitative estimate of drug-likeness (QED) is 0.614. The van der Waals surface area contributed by atoms with Crippen molar-refractivity contribution in [3.05, 3.63) is 0 Å². The molecule has 1 unspecified atom stereocenters. The van der Waals surface area contributed by atoms with E-state index in [0.717, 1.165) is 5.92 Å². The van der Waals surface area contributed by atoms with Crippen molar-refractivity contribution < 1.29 is 0 Å². The van der Waals surface area contributed by atoms with Gasteiger partial charge in [0.25, 0.3) is 0 Å². The zero-order chi connectivity index (χ0) is 9.73. The van der Waals surface area contributed by atoms with Crippen LogP contribution in [0.25, 0.3) is 0 Å². The molecule has 0 heterocycles. The van der Waals surface area contributed by atoms with Gasteiger partial charge in [-0.3, -0.25) is 0 Å². The van der Waals surface area contributed by atoms with Gasteiger partial charge in [-0.15, -0.1) is 0 Å². The summed E-state index contributed by atoms with van der Waals surface area (Å²) in [5.74, 6) is 1.04. The molecule has 13 heavy (non-hydrogen) atoms. The molecule has 0 nitrogen and oxygen atoms in total. The zero-order valence-corrected chi connectivity index (χ0v) is 10.7. The Labute approximate surface area is 91.6 Å². The molecule has 0 N–H and O–H groups in total. The van der Waals surface area contributed by atoms with Crippen LogP contribution in [0.4, 0.5) is 0 Å². The molecular weight excluding hydrogens is 224 g/mol. The third-order valence-corrected chi connectivity index (χ3v) is 4.79. The van der Waals surface area contributed by atoms with Crippen molar-refractivity contribution in [3.8, 4) is 0 Å². The maximum absolute atomic E-state index is 3.68. The maximum atomic E-state index is 3.68. The van der Waals surface area contributed by atoms with Crippen LogP contribution in [0.5, 0.6) is 0 Å². The second-order valence-corrected chi connectivity index (χ2v) is 5.61. The molecular formula is C12H23Br. The van der Waals surface area contributed by atoms with E-state index in [9.17, 15) is 0 Å². The van der Waals surface area contributed by atoms with Crippen LogP contribution in [0.3, 0.4) is 0 Å². The summed E-state index contributed by atoms with van der Waals surface area (Å²) in [6, 6.07) is 0. The molecule has 1 aliphatic carbocycles. The lowest BCUT2D eigenvalue weighted by Crippen LogP contribution is -2.21. The Bertz CT molecular complexity index is 138. The fourth-order valence-corrected chi connectivity index (χ4v) is 3.25. The normalized spacial score (nSPS) is 23.3. The highest BCUT2D eigenvalue weighted by atomic mass is 79.9. The van der Waals surface area contributed by atoms with Gasteiger partial charge in [-0.25, -0.2) is 0 Å². The fraction of sp³-hybridized carbons (Fsp3) is 1.00. The smallest absolute Gasteiger partial charge is 0.00854 e. The summed E-state index contributed by atoms with van der Waals surface area (Å²) in [7, 11) is 0. The van der Waals surface area contributed by atoms with Gasteiger partial charge >= 0.3 is 0 Å². The highest BCUT2D eigenvalue weighted by Crippen LogP contribution is 2.39. The summed E-state index contributed by atoms with van der Waals surface area (Å²) >= 11 is 3.68. The van der Waals surface area contributed by atoms with Crippen LogP contribution in [0.2, 0.25) is 0 Å². The first kappa shape index (κ1) is 11.6. The van der Waals surface area contributed by atoms with Crippen LogP contribution < -0.4 is 0 Å². The first-order valence-electron chi connectivity index (χ1n) is 5.76. The number of hydrogen-bond donors (Lipinski definition) is 0. The van der Waals surface area contributed by atoms with E-state index in [4.69, 9.17) is 0 Å². The van der Waals surface area contributed by atoms with Gasteiger partial charge in [0.05, 0.1) is 0 Å². The van der Waals surface area contributed by atoms with E-state index in [0.29, 0.717) is 5.41 Å². The van der Waals surface area contributed by atoms with Gasteiger partial charge in [0.2, 0.25) is 0 Å². The van der Waals surface area contributed by atoms with Gasteiger partial charge in [0.1, 0.15) is 0 Å². The van der Waals surface area contributed by atoms with Gasteiger partial charge < -0.3 is 0 Å². The topological polar surface area (TPSA) is 0 Å². The summed E-state index contributed by atoms with van der Waals surface area (Å²) in [6.45, 7) is 4.75. The average molecular weight is 247 g/mol. The van der Waals surface area contributed by atoms with E-state index in [1.54, 1.807) is 0 Å². The molecule has 1 atom stereocenters. The van der Waals surface area contributed by atoms with E-state index in [-0.39, 0.29) is 0 Å². The van der Waals surface area contributed by atoms with Gasteiger partial charge in [-0.2, -0.15) is 0 Å². The van der Waals surface area contributed by atoms with Gasteiger partial charge in [-0.1, -0.05) is 61.9 Å². The molecule has 0 aromatic carbocycles. The van der Waals surface area contributed by atoms with Crippen molar-refractivity contribution in [2.45, 2.75) is 58.8 Å². The van der Waals surface area contributed by atoms with Crippen molar-refractivity contribution in [2.75, 3.05) is 5.33 Å². The molecule has 0 amide bonds. The summed E-state index contributed by atoms with van der Waals surface area (Å²) in [5.41, 5.74) is 0.573. The Morgan fingerprint density at radius 3 is 2.38 bits per heavy atom. The van der Waals surface area contributed by atoms with Crippen molar-refractivity contribution in [1.29, 1.82) is 0 Å². The van der Waals surface area contributed by atoms with Gasteiger partial charge in [0.15, 0.2) is 0 Å². The Hall–Kier alpha value is 0.480. The standard InChI is InChI=1S/C12H23Br/c1-3-8-12(2,10-13)9-11-6-4-5-7-11/h11H,3-10H2,1-2H3. The molecule has 0 aromatic rings. The van der Waals surface area contributed by atoms with Gasteiger partial charge in [0, 0.05) is 5.33 Å². The highest BCUT2D eigenvalue weighted by Gasteiger charge is 2.27. The molecule has 0 aromatic heterocycles. The first-order valence-corrected chi connectivity index (χ1v) is 6.88. The lowest BCUT2D eigenvalue weighted by atomic mass is 9.79. The molecule has 0 bridgehead atoms. The predicted octanol–water partition coefficient (Wildman–Crippen LogP) is 4.77. The molecule has 78 valence electrons. The van der Waals surface area contributed by atoms with E-state index in [1.165, 1.54) is 50.3 Å². The Morgan fingerprint density at radius 2 is 1.92 bits per heavy atom. The number of halogens is 1. The number of alkyl halides is 1. The van der Waals surface area contributed by atoms with Crippen LogP contribution in [0.15, 0.2) is 0 Å². The highest BCUT2D eigenvalue weighted by molar-refractivity contribution is 9.09. The SMILES string of the molecule is CCCC(C)(CBr)CC1CCCC1. The van der Waals surface area contributed by atoms with E-state index < -0.39 is 0 Å². The van der Waals surface area contributed by atoms with Crippen molar-refractivity contribution in [2.24, 2.45) is 11.3 Å². The molecule has 0 spiro atoms. The van der Waals surface area contributed by atoms with E-state index >= 15 is 0 Å². The van der Waals surface area contributed by atoms with Crippen LogP contribution in [0, 0.1) is 11.3 Å². The molecule has 0 saturated heterocycles. The zero-order valence-electron chi connectivity index (χ0n) is 9.11. The Kier molecular flexibility index (Phi) is 4.78. The van der Waals surface area contributed by atoms with Crippen LogP contribution in [0.1, 0.15) is 58.8 Å². The van der Waals surface area contributed by atoms with Crippen molar-refractivity contribution in [1.82, 2.24) is 0 Å². The van der Waals surface area contributed by atoms with Crippen LogP contribution >= 0.6 is 15.9 Å². The molecule has 1 saturated carbocycles. The van der Waals surface area contributed by atoms with E-state index in [2.05, 4.69) is 29.8 Å². The second kappa shape index (κ2) is 5.38. The van der Waals surface area contributed by atoms with Crippen LogP contribution in [-0.2, 0) is 0 Å². The second-order valence-electron chi connectivity index (χ2n) is 5.05. The summed E-state index contributed by atoms with van der Waals surface area (Å²) in [6.07, 6.45) is 10.1. The summed E-state index contributed by atoms with van der Waals surface area (Å²) in [4.78, 5) is 0. The largest absolute Gasteiger partial charge is 0.0922 e. The molecule has 1 fully saturated rings. The lowest BCUT2D eigenvalue weighted by Gasteiger charge is -2.30. The third-order valence-electron chi connectivity index (χ3n) is 3.43. The van der Waals surface area contributed by atoms with E-state index in [1.807, 2.05) is 0 Å². The lowest BCUT2D eigenvalue weighted by molar-refractivity contribution is 0.255. The fourth-order valence-electron chi connectivity index (χ4n) is 2.74. The summed E-state index contributed by atoms with van der Waals surface area (Å²) < 4.78 is 0. The first-order chi connectivity index (χ1) is 6.20. The third kappa shape index (κ3) is 3.61. The minimum atomic E-state index is 0.573. The number of rotatable bonds is 5. The molecule has 0 radical (unpaired) electrons. The Balaban J connectivity index is 2.36. The molecule has 1 aliphatic rings. The minimum Gasteiger partial charge on any atom is -0.0922 e. The Morgan fingerprint density at radius 1 is 1.31 bits per heavy atom. The van der Waals surface area contributed by atoms with Crippen molar-refractivity contribution >= 4 is 15.9 Å². The summed E-state index contributed by atoms with van der Waals surface area (Å²) in [5, 5.41) is 1.18.